The fourth-order valence-corrected chi connectivity index (χ4v) is 8.15. The first-order chi connectivity index (χ1) is 24.6. The summed E-state index contributed by atoms with van der Waals surface area (Å²) in [5.74, 6) is 1.58. The van der Waals surface area contributed by atoms with Crippen LogP contribution >= 0.6 is 0 Å². The predicted molar refractivity (Wildman–Crippen MR) is 191 cm³/mol. The third-order valence-electron chi connectivity index (χ3n) is 10.7. The Morgan fingerprint density at radius 3 is 2.61 bits per heavy atom. The highest BCUT2D eigenvalue weighted by molar-refractivity contribution is 5.97. The maximum absolute atomic E-state index is 14.3. The standard InChI is InChI=1S/C38H49FN8O4/c1-5-47(25(2)3)37(49)30-15-27(39)7-8-33(30)51-35-18-40-24-42-36(35)46-22-38(23-46)16-29(17-38)50-34-9-11-41-32-10-14-44(21-31(32)34)12-6-13-45-19-28(20-45)43-26(4)48/h7-9,11,15,18,24-25,28-29H,5-6,10,12-14,16-17,19-23H2,1-4H3,(H,43,48). The first kappa shape index (κ1) is 35.1. The molecule has 3 aromatic rings. The van der Waals surface area contributed by atoms with E-state index < -0.39 is 5.82 Å². The number of likely N-dealkylation sites (tertiary alicyclic amines) is 1. The molecule has 0 radical (unpaired) electrons. The van der Waals surface area contributed by atoms with Crippen molar-refractivity contribution in [2.24, 2.45) is 5.41 Å². The maximum Gasteiger partial charge on any atom is 0.257 e. The quantitative estimate of drug-likeness (QED) is 0.277. The minimum Gasteiger partial charge on any atom is -0.490 e. The number of anilines is 1. The lowest BCUT2D eigenvalue weighted by molar-refractivity contribution is -0.120. The molecule has 1 spiro atoms. The van der Waals surface area contributed by atoms with Gasteiger partial charge in [-0.3, -0.25) is 24.4 Å². The normalized spacial score (nSPS) is 18.8. The summed E-state index contributed by atoms with van der Waals surface area (Å²) in [4.78, 5) is 46.8. The number of carbonyl (C=O) groups is 2. The minimum absolute atomic E-state index is 0.0429. The van der Waals surface area contributed by atoms with Crippen molar-refractivity contribution in [2.75, 3.05) is 57.3 Å². The Kier molecular flexibility index (Phi) is 10.1. The summed E-state index contributed by atoms with van der Waals surface area (Å²) in [7, 11) is 0. The van der Waals surface area contributed by atoms with Gasteiger partial charge in [0.2, 0.25) is 5.91 Å². The van der Waals surface area contributed by atoms with Gasteiger partial charge in [-0.25, -0.2) is 14.4 Å². The number of rotatable bonds is 13. The number of hydrogen-bond acceptors (Lipinski definition) is 10. The number of fused-ring (bicyclic) bond motifs is 1. The summed E-state index contributed by atoms with van der Waals surface area (Å²) in [5.41, 5.74) is 2.68. The van der Waals surface area contributed by atoms with Gasteiger partial charge in [0.1, 0.15) is 29.7 Å². The zero-order valence-corrected chi connectivity index (χ0v) is 30.1. The summed E-state index contributed by atoms with van der Waals surface area (Å²) >= 11 is 0. The first-order valence-electron chi connectivity index (χ1n) is 18.3. The molecule has 4 aliphatic rings. The smallest absolute Gasteiger partial charge is 0.257 e. The zero-order valence-electron chi connectivity index (χ0n) is 30.1. The average molecular weight is 701 g/mol. The van der Waals surface area contributed by atoms with E-state index in [1.165, 1.54) is 30.1 Å². The highest BCUT2D eigenvalue weighted by atomic mass is 19.1. The van der Waals surface area contributed by atoms with E-state index in [1.54, 1.807) is 18.0 Å². The maximum atomic E-state index is 14.3. The number of amides is 2. The highest BCUT2D eigenvalue weighted by Gasteiger charge is 2.54. The highest BCUT2D eigenvalue weighted by Crippen LogP contribution is 2.52. The summed E-state index contributed by atoms with van der Waals surface area (Å²) < 4.78 is 27.2. The van der Waals surface area contributed by atoms with Crippen LogP contribution in [0, 0.1) is 11.2 Å². The Morgan fingerprint density at radius 2 is 1.86 bits per heavy atom. The largest absolute Gasteiger partial charge is 0.490 e. The van der Waals surface area contributed by atoms with Crippen LogP contribution in [0.3, 0.4) is 0 Å². The van der Waals surface area contributed by atoms with E-state index in [4.69, 9.17) is 9.47 Å². The molecule has 1 aliphatic carbocycles. The molecule has 1 aromatic carbocycles. The molecule has 5 heterocycles. The van der Waals surface area contributed by atoms with E-state index >= 15 is 0 Å². The number of pyridine rings is 1. The van der Waals surface area contributed by atoms with Crippen molar-refractivity contribution in [1.82, 2.24) is 35.0 Å². The van der Waals surface area contributed by atoms with Gasteiger partial charge in [0, 0.05) is 88.1 Å². The summed E-state index contributed by atoms with van der Waals surface area (Å²) in [5, 5.41) is 2.99. The molecule has 2 amide bonds. The zero-order chi connectivity index (χ0) is 35.7. The van der Waals surface area contributed by atoms with Crippen molar-refractivity contribution in [3.63, 3.8) is 0 Å². The van der Waals surface area contributed by atoms with E-state index in [9.17, 15) is 14.0 Å². The fraction of sp³-hybridized carbons (Fsp3) is 0.553. The molecule has 13 heteroatoms. The molecule has 0 unspecified atom stereocenters. The molecule has 0 bridgehead atoms. The lowest BCUT2D eigenvalue weighted by atomic mass is 9.61. The molecule has 0 atom stereocenters. The number of nitrogens with one attached hydrogen (secondary N) is 1. The van der Waals surface area contributed by atoms with Gasteiger partial charge in [-0.05, 0) is 77.4 Å². The van der Waals surface area contributed by atoms with E-state index in [2.05, 4.69) is 35.0 Å². The second-order valence-electron chi connectivity index (χ2n) is 14.9. The van der Waals surface area contributed by atoms with Gasteiger partial charge < -0.3 is 24.6 Å². The molecule has 3 fully saturated rings. The van der Waals surface area contributed by atoms with Crippen molar-refractivity contribution < 1.29 is 23.5 Å². The van der Waals surface area contributed by atoms with E-state index in [0.29, 0.717) is 24.2 Å². The van der Waals surface area contributed by atoms with Gasteiger partial charge in [0.15, 0.2) is 11.6 Å². The van der Waals surface area contributed by atoms with Crippen LogP contribution in [-0.4, -0.2) is 112 Å². The molecular formula is C38H49FN8O4. The van der Waals surface area contributed by atoms with Crippen LogP contribution in [0.1, 0.15) is 68.6 Å². The summed E-state index contributed by atoms with van der Waals surface area (Å²) in [6, 6.07) is 6.29. The Hall–Kier alpha value is -4.36. The molecule has 2 saturated heterocycles. The molecule has 51 heavy (non-hydrogen) atoms. The Morgan fingerprint density at radius 1 is 1.08 bits per heavy atom. The summed E-state index contributed by atoms with van der Waals surface area (Å²) in [6.07, 6.45) is 9.06. The van der Waals surface area contributed by atoms with Crippen LogP contribution in [0.2, 0.25) is 0 Å². The van der Waals surface area contributed by atoms with Gasteiger partial charge in [0.05, 0.1) is 17.8 Å². The second-order valence-corrected chi connectivity index (χ2v) is 14.9. The molecule has 3 aliphatic heterocycles. The van der Waals surface area contributed by atoms with Gasteiger partial charge in [-0.1, -0.05) is 0 Å². The van der Waals surface area contributed by atoms with Crippen LogP contribution in [0.25, 0.3) is 0 Å². The molecule has 1 saturated carbocycles. The molecule has 12 nitrogen and oxygen atoms in total. The molecule has 7 rings (SSSR count). The first-order valence-corrected chi connectivity index (χ1v) is 18.3. The van der Waals surface area contributed by atoms with E-state index in [1.807, 2.05) is 33.0 Å². The van der Waals surface area contributed by atoms with Crippen molar-refractivity contribution in [1.29, 1.82) is 0 Å². The summed E-state index contributed by atoms with van der Waals surface area (Å²) in [6.45, 7) is 15.3. The Balaban J connectivity index is 0.922. The van der Waals surface area contributed by atoms with Crippen molar-refractivity contribution in [2.45, 2.75) is 78.1 Å². The van der Waals surface area contributed by atoms with Crippen LogP contribution in [0.4, 0.5) is 10.2 Å². The van der Waals surface area contributed by atoms with Crippen molar-refractivity contribution in [3.8, 4) is 17.2 Å². The van der Waals surface area contributed by atoms with E-state index in [0.717, 1.165) is 89.5 Å². The molecule has 1 N–H and O–H groups in total. The number of aromatic nitrogens is 3. The lowest BCUT2D eigenvalue weighted by Crippen LogP contribution is -2.65. The van der Waals surface area contributed by atoms with Gasteiger partial charge in [-0.2, -0.15) is 0 Å². The van der Waals surface area contributed by atoms with Crippen LogP contribution in [-0.2, 0) is 17.8 Å². The third kappa shape index (κ3) is 7.64. The third-order valence-corrected chi connectivity index (χ3v) is 10.7. The Bertz CT molecular complexity index is 1740. The van der Waals surface area contributed by atoms with Crippen LogP contribution < -0.4 is 19.7 Å². The number of nitrogens with zero attached hydrogens (tertiary/aromatic N) is 7. The number of benzene rings is 1. The molecular weight excluding hydrogens is 651 g/mol. The van der Waals surface area contributed by atoms with Crippen molar-refractivity contribution >= 4 is 17.6 Å². The van der Waals surface area contributed by atoms with Crippen LogP contribution in [0.5, 0.6) is 17.2 Å². The van der Waals surface area contributed by atoms with Crippen LogP contribution in [0.15, 0.2) is 43.0 Å². The van der Waals surface area contributed by atoms with Crippen molar-refractivity contribution in [3.05, 3.63) is 65.6 Å². The predicted octanol–water partition coefficient (Wildman–Crippen LogP) is 4.29. The fourth-order valence-electron chi connectivity index (χ4n) is 8.15. The average Bonchev–Trinajstić information content (AvgIpc) is 3.05. The number of hydrogen-bond donors (Lipinski definition) is 1. The number of halogens is 1. The van der Waals surface area contributed by atoms with Gasteiger partial charge >= 0.3 is 0 Å². The second kappa shape index (κ2) is 14.7. The Labute approximate surface area is 299 Å². The monoisotopic (exact) mass is 700 g/mol. The lowest BCUT2D eigenvalue weighted by Gasteiger charge is -2.59. The van der Waals surface area contributed by atoms with Gasteiger partial charge in [-0.15, -0.1) is 0 Å². The number of ether oxygens (including phenoxy) is 2. The molecule has 2 aromatic heterocycles. The van der Waals surface area contributed by atoms with Gasteiger partial charge in [0.25, 0.3) is 5.91 Å². The topological polar surface area (TPSA) is 116 Å². The minimum atomic E-state index is -0.497. The number of carbonyl (C=O) groups excluding carboxylic acids is 2. The SMILES string of the molecule is CCN(C(=O)c1cc(F)ccc1Oc1cncnc1N1CC2(CC(Oc3ccnc4c3CN(CCCN3CC(NC(C)=O)C3)CC4)C2)C1)C(C)C. The molecule has 272 valence electrons. The van der Waals surface area contributed by atoms with E-state index in [-0.39, 0.29) is 40.7 Å².